The number of unbranched alkanes of at least 4 members (excludes halogenated alkanes) is 1. The van der Waals surface area contributed by atoms with E-state index in [0.717, 1.165) is 32.5 Å². The van der Waals surface area contributed by atoms with Gasteiger partial charge in [0.15, 0.2) is 0 Å². The van der Waals surface area contributed by atoms with Gasteiger partial charge in [-0.3, -0.25) is 9.10 Å². The van der Waals surface area contributed by atoms with E-state index in [0.29, 0.717) is 11.3 Å². The molecule has 1 amide bonds. The number of likely N-dealkylation sites (tertiary alicyclic amines) is 1. The summed E-state index contributed by atoms with van der Waals surface area (Å²) in [7, 11) is -2.23. The standard InChI is InChI=1S/C23H31N3O3S/c1-3-4-15-26-16-13-20(14-17-26)24-23(27)19-9-8-12-22(18-19)30(28,29)25(2)21-10-6-5-7-11-21/h5-12,18,20H,3-4,13-17H2,1-2H3,(H,24,27). The van der Waals surface area contributed by atoms with Crippen LogP contribution >= 0.6 is 0 Å². The summed E-state index contributed by atoms with van der Waals surface area (Å²) in [5, 5.41) is 3.08. The minimum absolute atomic E-state index is 0.107. The number of carbonyl (C=O) groups excluding carboxylic acids is 1. The monoisotopic (exact) mass is 429 g/mol. The molecule has 162 valence electrons. The van der Waals surface area contributed by atoms with E-state index in [1.807, 2.05) is 6.07 Å². The Morgan fingerprint density at radius 3 is 2.47 bits per heavy atom. The Hall–Kier alpha value is -2.38. The number of carbonyl (C=O) groups is 1. The van der Waals surface area contributed by atoms with Gasteiger partial charge < -0.3 is 10.2 Å². The van der Waals surface area contributed by atoms with E-state index in [4.69, 9.17) is 0 Å². The first-order valence-corrected chi connectivity index (χ1v) is 12.0. The van der Waals surface area contributed by atoms with Crippen molar-refractivity contribution in [2.24, 2.45) is 0 Å². The summed E-state index contributed by atoms with van der Waals surface area (Å²) in [6.07, 6.45) is 4.24. The van der Waals surface area contributed by atoms with Crippen molar-refractivity contribution < 1.29 is 13.2 Å². The van der Waals surface area contributed by atoms with Crippen molar-refractivity contribution >= 4 is 21.6 Å². The Morgan fingerprint density at radius 2 is 1.80 bits per heavy atom. The van der Waals surface area contributed by atoms with Crippen LogP contribution in [0.3, 0.4) is 0 Å². The zero-order valence-electron chi connectivity index (χ0n) is 17.8. The molecule has 2 aromatic rings. The number of benzene rings is 2. The summed E-state index contributed by atoms with van der Waals surface area (Å²) >= 11 is 0. The van der Waals surface area contributed by atoms with Crippen molar-refractivity contribution in [3.63, 3.8) is 0 Å². The topological polar surface area (TPSA) is 69.7 Å². The predicted octanol–water partition coefficient (Wildman–Crippen LogP) is 3.51. The molecule has 0 aliphatic carbocycles. The summed E-state index contributed by atoms with van der Waals surface area (Å²) in [4.78, 5) is 15.3. The fraction of sp³-hybridized carbons (Fsp3) is 0.435. The number of nitrogens with one attached hydrogen (secondary N) is 1. The van der Waals surface area contributed by atoms with Gasteiger partial charge in [-0.1, -0.05) is 37.6 Å². The number of hydrogen-bond donors (Lipinski definition) is 1. The van der Waals surface area contributed by atoms with Gasteiger partial charge in [-0.2, -0.15) is 0 Å². The second kappa shape index (κ2) is 10.1. The average Bonchev–Trinajstić information content (AvgIpc) is 2.78. The van der Waals surface area contributed by atoms with Gasteiger partial charge in [0.05, 0.1) is 10.6 Å². The van der Waals surface area contributed by atoms with Crippen molar-refractivity contribution in [1.29, 1.82) is 0 Å². The van der Waals surface area contributed by atoms with Crippen LogP contribution in [0.15, 0.2) is 59.5 Å². The molecule has 0 radical (unpaired) electrons. The van der Waals surface area contributed by atoms with E-state index >= 15 is 0 Å². The molecule has 1 N–H and O–H groups in total. The quantitative estimate of drug-likeness (QED) is 0.697. The van der Waals surface area contributed by atoms with Crippen LogP contribution in [-0.2, 0) is 10.0 Å². The van der Waals surface area contributed by atoms with Crippen molar-refractivity contribution in [3.05, 3.63) is 60.2 Å². The average molecular weight is 430 g/mol. The molecule has 6 nitrogen and oxygen atoms in total. The largest absolute Gasteiger partial charge is 0.349 e. The molecule has 0 saturated carbocycles. The number of hydrogen-bond acceptors (Lipinski definition) is 4. The Labute approximate surface area is 179 Å². The van der Waals surface area contributed by atoms with E-state index in [1.165, 1.54) is 36.3 Å². The van der Waals surface area contributed by atoms with Gasteiger partial charge in [-0.05, 0) is 56.1 Å². The molecule has 1 saturated heterocycles. The van der Waals surface area contributed by atoms with Crippen LogP contribution < -0.4 is 9.62 Å². The first-order valence-electron chi connectivity index (χ1n) is 10.6. The Kier molecular flexibility index (Phi) is 7.50. The lowest BCUT2D eigenvalue weighted by Crippen LogP contribution is -2.44. The molecule has 1 fully saturated rings. The molecule has 0 aromatic heterocycles. The number of sulfonamides is 1. The molecule has 1 aliphatic heterocycles. The number of anilines is 1. The first-order chi connectivity index (χ1) is 14.4. The molecule has 2 aromatic carbocycles. The van der Waals surface area contributed by atoms with E-state index < -0.39 is 10.0 Å². The minimum atomic E-state index is -3.75. The van der Waals surface area contributed by atoms with Gasteiger partial charge >= 0.3 is 0 Å². The molecule has 0 atom stereocenters. The summed E-state index contributed by atoms with van der Waals surface area (Å²) in [6.45, 7) is 5.29. The van der Waals surface area contributed by atoms with E-state index in [2.05, 4.69) is 17.1 Å². The SMILES string of the molecule is CCCCN1CCC(NC(=O)c2cccc(S(=O)(=O)N(C)c3ccccc3)c2)CC1. The van der Waals surface area contributed by atoms with Gasteiger partial charge in [-0.25, -0.2) is 8.42 Å². The van der Waals surface area contributed by atoms with Gasteiger partial charge in [0.25, 0.3) is 15.9 Å². The third-order valence-corrected chi connectivity index (χ3v) is 7.41. The molecule has 1 heterocycles. The second-order valence-corrected chi connectivity index (χ2v) is 9.75. The third kappa shape index (κ3) is 5.40. The van der Waals surface area contributed by atoms with E-state index in [1.54, 1.807) is 36.4 Å². The maximum atomic E-state index is 13.0. The van der Waals surface area contributed by atoms with Crippen LogP contribution in [-0.4, -0.2) is 51.9 Å². The molecule has 0 spiro atoms. The molecule has 30 heavy (non-hydrogen) atoms. The number of piperidine rings is 1. The first kappa shape index (κ1) is 22.3. The normalized spacial score (nSPS) is 15.7. The molecule has 1 aliphatic rings. The van der Waals surface area contributed by atoms with E-state index in [-0.39, 0.29) is 16.8 Å². The number of para-hydroxylation sites is 1. The smallest absolute Gasteiger partial charge is 0.264 e. The van der Waals surface area contributed by atoms with Gasteiger partial charge in [0, 0.05) is 31.7 Å². The maximum absolute atomic E-state index is 13.0. The third-order valence-electron chi connectivity index (χ3n) is 5.63. The van der Waals surface area contributed by atoms with Crippen LogP contribution in [0, 0.1) is 0 Å². The highest BCUT2D eigenvalue weighted by atomic mass is 32.2. The van der Waals surface area contributed by atoms with Gasteiger partial charge in [0.2, 0.25) is 0 Å². The lowest BCUT2D eigenvalue weighted by Gasteiger charge is -2.32. The summed E-state index contributed by atoms with van der Waals surface area (Å²) in [5.41, 5.74) is 0.938. The van der Waals surface area contributed by atoms with Crippen molar-refractivity contribution in [1.82, 2.24) is 10.2 Å². The lowest BCUT2D eigenvalue weighted by molar-refractivity contribution is 0.0910. The van der Waals surface area contributed by atoms with Crippen LogP contribution in [0.2, 0.25) is 0 Å². The molecular weight excluding hydrogens is 398 g/mol. The van der Waals surface area contributed by atoms with Gasteiger partial charge in [-0.15, -0.1) is 0 Å². The molecule has 3 rings (SSSR count). The molecular formula is C23H31N3O3S. The zero-order valence-corrected chi connectivity index (χ0v) is 18.6. The van der Waals surface area contributed by atoms with Crippen LogP contribution in [0.5, 0.6) is 0 Å². The maximum Gasteiger partial charge on any atom is 0.264 e. The van der Waals surface area contributed by atoms with Crippen LogP contribution in [0.1, 0.15) is 43.0 Å². The minimum Gasteiger partial charge on any atom is -0.349 e. The Morgan fingerprint density at radius 1 is 1.10 bits per heavy atom. The van der Waals surface area contributed by atoms with Gasteiger partial charge in [0.1, 0.15) is 0 Å². The van der Waals surface area contributed by atoms with Crippen molar-refractivity contribution in [2.75, 3.05) is 31.0 Å². The number of nitrogens with zero attached hydrogens (tertiary/aromatic N) is 2. The zero-order chi connectivity index (χ0) is 21.6. The fourth-order valence-electron chi connectivity index (χ4n) is 3.68. The van der Waals surface area contributed by atoms with E-state index in [9.17, 15) is 13.2 Å². The predicted molar refractivity (Wildman–Crippen MR) is 120 cm³/mol. The number of rotatable bonds is 8. The van der Waals surface area contributed by atoms with Crippen LogP contribution in [0.4, 0.5) is 5.69 Å². The summed E-state index contributed by atoms with van der Waals surface area (Å²) in [6, 6.07) is 15.3. The highest BCUT2D eigenvalue weighted by Crippen LogP contribution is 2.22. The highest BCUT2D eigenvalue weighted by molar-refractivity contribution is 7.92. The number of amides is 1. The van der Waals surface area contributed by atoms with Crippen LogP contribution in [0.25, 0.3) is 0 Å². The molecule has 0 bridgehead atoms. The fourth-order valence-corrected chi connectivity index (χ4v) is 4.93. The Balaban J connectivity index is 1.66. The molecule has 0 unspecified atom stereocenters. The summed E-state index contributed by atoms with van der Waals surface area (Å²) in [5.74, 6) is -0.221. The highest BCUT2D eigenvalue weighted by Gasteiger charge is 2.24. The Bertz CT molecular complexity index is 939. The molecule has 7 heteroatoms. The second-order valence-electron chi connectivity index (χ2n) is 7.78. The van der Waals surface area contributed by atoms with Crippen molar-refractivity contribution in [2.45, 2.75) is 43.5 Å². The lowest BCUT2D eigenvalue weighted by atomic mass is 10.0. The van der Waals surface area contributed by atoms with Crippen molar-refractivity contribution in [3.8, 4) is 0 Å². The summed E-state index contributed by atoms with van der Waals surface area (Å²) < 4.78 is 27.2.